The van der Waals surface area contributed by atoms with Crippen LogP contribution in [0, 0.1) is 0 Å². The Balaban J connectivity index is 2.90. The van der Waals surface area contributed by atoms with Crippen LogP contribution >= 0.6 is 0 Å². The minimum atomic E-state index is 0.217. The van der Waals surface area contributed by atoms with Gasteiger partial charge in [-0.2, -0.15) is 0 Å². The first kappa shape index (κ1) is 12.1. The molecule has 2 heteroatoms. The van der Waals surface area contributed by atoms with Gasteiger partial charge in [-0.05, 0) is 38.8 Å². The van der Waals surface area contributed by atoms with Crippen molar-refractivity contribution < 1.29 is 4.84 Å². The van der Waals surface area contributed by atoms with Crippen molar-refractivity contribution in [3.8, 4) is 0 Å². The minimum absolute atomic E-state index is 0.217. The molecule has 0 amide bonds. The van der Waals surface area contributed by atoms with Gasteiger partial charge in [0.05, 0.1) is 11.8 Å². The van der Waals surface area contributed by atoms with Crippen LogP contribution in [0.1, 0.15) is 33.3 Å². The number of hydrogen-bond acceptors (Lipinski definition) is 2. The molecule has 0 fully saturated rings. The highest BCUT2D eigenvalue weighted by Gasteiger charge is 2.09. The highest BCUT2D eigenvalue weighted by Crippen LogP contribution is 2.21. The molecule has 1 rings (SSSR count). The number of anilines is 1. The van der Waals surface area contributed by atoms with Crippen LogP contribution in [0.3, 0.4) is 0 Å². The van der Waals surface area contributed by atoms with E-state index in [1.165, 1.54) is 11.3 Å². The Morgan fingerprint density at radius 2 is 1.87 bits per heavy atom. The minimum Gasteiger partial charge on any atom is -0.271 e. The van der Waals surface area contributed by atoms with E-state index in [2.05, 4.69) is 52.0 Å². The van der Waals surface area contributed by atoms with Gasteiger partial charge in [0.2, 0.25) is 0 Å². The molecule has 0 heterocycles. The molecule has 0 spiro atoms. The fourth-order valence-corrected chi connectivity index (χ4v) is 1.61. The van der Waals surface area contributed by atoms with Gasteiger partial charge in [0.1, 0.15) is 0 Å². The summed E-state index contributed by atoms with van der Waals surface area (Å²) in [6, 6.07) is 8.40. The predicted octanol–water partition coefficient (Wildman–Crippen LogP) is 3.42. The summed E-state index contributed by atoms with van der Waals surface area (Å²) in [6.45, 7) is 9.25. The summed E-state index contributed by atoms with van der Waals surface area (Å²) in [5, 5.41) is 1.98. The van der Waals surface area contributed by atoms with Crippen molar-refractivity contribution in [2.24, 2.45) is 0 Å². The van der Waals surface area contributed by atoms with Crippen LogP contribution in [0.5, 0.6) is 0 Å². The maximum Gasteiger partial charge on any atom is 0.0800 e. The zero-order valence-corrected chi connectivity index (χ0v) is 10.2. The van der Waals surface area contributed by atoms with E-state index >= 15 is 0 Å². The van der Waals surface area contributed by atoms with Crippen molar-refractivity contribution in [2.75, 3.05) is 11.6 Å². The van der Waals surface area contributed by atoms with Gasteiger partial charge in [-0.15, -0.1) is 0 Å². The number of hydroxylamine groups is 1. The predicted molar refractivity (Wildman–Crippen MR) is 65.1 cm³/mol. The second kappa shape index (κ2) is 5.76. The van der Waals surface area contributed by atoms with Crippen molar-refractivity contribution in [3.05, 3.63) is 29.8 Å². The summed E-state index contributed by atoms with van der Waals surface area (Å²) in [5.41, 5.74) is 2.52. The molecule has 1 aromatic rings. The smallest absolute Gasteiger partial charge is 0.0800 e. The van der Waals surface area contributed by atoms with Gasteiger partial charge < -0.3 is 0 Å². The zero-order chi connectivity index (χ0) is 11.3. The molecule has 0 aliphatic carbocycles. The quantitative estimate of drug-likeness (QED) is 0.686. The van der Waals surface area contributed by atoms with Gasteiger partial charge in [-0.3, -0.25) is 9.90 Å². The molecule has 0 saturated carbocycles. The molecule has 0 radical (unpaired) electrons. The zero-order valence-electron chi connectivity index (χ0n) is 10.2. The second-order valence-electron chi connectivity index (χ2n) is 3.83. The van der Waals surface area contributed by atoms with E-state index in [9.17, 15) is 0 Å². The van der Waals surface area contributed by atoms with E-state index in [1.54, 1.807) is 0 Å². The molecule has 1 aromatic carbocycles. The van der Waals surface area contributed by atoms with Crippen molar-refractivity contribution in [3.63, 3.8) is 0 Å². The Hall–Kier alpha value is -1.02. The molecule has 15 heavy (non-hydrogen) atoms. The molecule has 0 N–H and O–H groups in total. The summed E-state index contributed by atoms with van der Waals surface area (Å²) < 4.78 is 0. The lowest BCUT2D eigenvalue weighted by atomic mass is 10.1. The molecule has 0 saturated heterocycles. The molecule has 0 aliphatic heterocycles. The number of rotatable bonds is 5. The van der Waals surface area contributed by atoms with Crippen molar-refractivity contribution in [2.45, 2.75) is 40.2 Å². The summed E-state index contributed by atoms with van der Waals surface area (Å²) in [7, 11) is 0. The first-order valence-electron chi connectivity index (χ1n) is 5.71. The van der Waals surface area contributed by atoms with E-state index < -0.39 is 0 Å². The molecule has 0 aliphatic rings. The van der Waals surface area contributed by atoms with Gasteiger partial charge in [0, 0.05) is 6.54 Å². The molecule has 84 valence electrons. The Morgan fingerprint density at radius 1 is 1.20 bits per heavy atom. The maximum atomic E-state index is 5.76. The SMILES string of the molecule is CCc1ccccc1N(CC)OC(C)C. The summed E-state index contributed by atoms with van der Waals surface area (Å²) >= 11 is 0. The Kier molecular flexibility index (Phi) is 4.63. The normalized spacial score (nSPS) is 10.7. The maximum absolute atomic E-state index is 5.76. The highest BCUT2D eigenvalue weighted by atomic mass is 16.7. The average molecular weight is 207 g/mol. The molecule has 0 bridgehead atoms. The molecule has 2 nitrogen and oxygen atoms in total. The van der Waals surface area contributed by atoms with Crippen molar-refractivity contribution >= 4 is 5.69 Å². The van der Waals surface area contributed by atoms with Crippen LogP contribution in [0.15, 0.2) is 24.3 Å². The molecule has 0 unspecified atom stereocenters. The van der Waals surface area contributed by atoms with Crippen molar-refractivity contribution in [1.82, 2.24) is 0 Å². The standard InChI is InChI=1S/C13H21NO/c1-5-12-9-7-8-10-13(12)14(6-2)15-11(3)4/h7-11H,5-6H2,1-4H3. The first-order chi connectivity index (χ1) is 7.19. The Bertz CT molecular complexity index is 296. The number of nitrogens with zero attached hydrogens (tertiary/aromatic N) is 1. The van der Waals surface area contributed by atoms with Gasteiger partial charge in [-0.25, -0.2) is 0 Å². The van der Waals surface area contributed by atoms with E-state index in [0.717, 1.165) is 13.0 Å². The lowest BCUT2D eigenvalue weighted by Gasteiger charge is -2.26. The first-order valence-corrected chi connectivity index (χ1v) is 5.71. The van der Waals surface area contributed by atoms with E-state index in [1.807, 2.05) is 5.06 Å². The Labute approximate surface area is 92.8 Å². The van der Waals surface area contributed by atoms with Crippen LogP contribution in [-0.4, -0.2) is 12.6 Å². The summed E-state index contributed by atoms with van der Waals surface area (Å²) in [5.74, 6) is 0. The largest absolute Gasteiger partial charge is 0.271 e. The summed E-state index contributed by atoms with van der Waals surface area (Å²) in [6.07, 6.45) is 1.25. The Morgan fingerprint density at radius 3 is 2.40 bits per heavy atom. The molecule has 0 atom stereocenters. The summed E-state index contributed by atoms with van der Waals surface area (Å²) in [4.78, 5) is 5.76. The fraction of sp³-hybridized carbons (Fsp3) is 0.538. The van der Waals surface area contributed by atoms with Crippen LogP contribution in [0.4, 0.5) is 5.69 Å². The van der Waals surface area contributed by atoms with Gasteiger partial charge in [0.25, 0.3) is 0 Å². The van der Waals surface area contributed by atoms with Crippen LogP contribution in [0.25, 0.3) is 0 Å². The third kappa shape index (κ3) is 3.24. The third-order valence-electron chi connectivity index (χ3n) is 2.27. The molecular weight excluding hydrogens is 186 g/mol. The molecular formula is C13H21NO. The van der Waals surface area contributed by atoms with Crippen LogP contribution in [0.2, 0.25) is 0 Å². The van der Waals surface area contributed by atoms with E-state index in [-0.39, 0.29) is 6.10 Å². The number of hydrogen-bond donors (Lipinski definition) is 0. The number of para-hydroxylation sites is 1. The van der Waals surface area contributed by atoms with Crippen LogP contribution in [-0.2, 0) is 11.3 Å². The van der Waals surface area contributed by atoms with Gasteiger partial charge >= 0.3 is 0 Å². The highest BCUT2D eigenvalue weighted by molar-refractivity contribution is 5.51. The average Bonchev–Trinajstić information content (AvgIpc) is 2.25. The van der Waals surface area contributed by atoms with E-state index in [0.29, 0.717) is 0 Å². The fourth-order valence-electron chi connectivity index (χ4n) is 1.61. The van der Waals surface area contributed by atoms with Gasteiger partial charge in [-0.1, -0.05) is 25.1 Å². The lowest BCUT2D eigenvalue weighted by Crippen LogP contribution is -2.27. The van der Waals surface area contributed by atoms with Crippen LogP contribution < -0.4 is 5.06 Å². The lowest BCUT2D eigenvalue weighted by molar-refractivity contribution is 0.0578. The monoisotopic (exact) mass is 207 g/mol. The second-order valence-corrected chi connectivity index (χ2v) is 3.83. The van der Waals surface area contributed by atoms with Crippen molar-refractivity contribution in [1.29, 1.82) is 0 Å². The van der Waals surface area contributed by atoms with E-state index in [4.69, 9.17) is 4.84 Å². The third-order valence-corrected chi connectivity index (χ3v) is 2.27. The molecule has 0 aromatic heterocycles. The number of benzene rings is 1. The topological polar surface area (TPSA) is 12.5 Å². The number of aryl methyl sites for hydroxylation is 1. The van der Waals surface area contributed by atoms with Gasteiger partial charge in [0.15, 0.2) is 0 Å².